The summed E-state index contributed by atoms with van der Waals surface area (Å²) < 4.78 is 9.50. The van der Waals surface area contributed by atoms with E-state index in [0.29, 0.717) is 0 Å². The molecule has 0 amide bonds. The number of aromatic nitrogens is 1. The van der Waals surface area contributed by atoms with E-state index in [2.05, 4.69) is 151 Å². The van der Waals surface area contributed by atoms with E-state index in [9.17, 15) is 0 Å². The average molecular weight is 671 g/mol. The molecule has 4 heterocycles. The number of anilines is 3. The SMILES string of the molecule is CCCCc1cc(CCCC)cc(N2c3ccc4ccccc4c3B3c4c(cc5oc6ccccc6c5c42)-c2cccc4c5ccccc5n3c24)c1. The van der Waals surface area contributed by atoms with Gasteiger partial charge in [0, 0.05) is 44.1 Å². The first-order chi connectivity index (χ1) is 25.7. The molecule has 11 rings (SSSR count). The summed E-state index contributed by atoms with van der Waals surface area (Å²) in [5.41, 5.74) is 16.3. The van der Waals surface area contributed by atoms with Gasteiger partial charge in [0.15, 0.2) is 0 Å². The summed E-state index contributed by atoms with van der Waals surface area (Å²) in [4.78, 5) is 2.63. The second-order valence-electron chi connectivity index (χ2n) is 14.9. The molecule has 9 aromatic rings. The maximum absolute atomic E-state index is 6.83. The monoisotopic (exact) mass is 670 g/mol. The molecule has 2 aliphatic heterocycles. The maximum Gasteiger partial charge on any atom is 0.333 e. The molecule has 0 unspecified atom stereocenters. The van der Waals surface area contributed by atoms with Crippen LogP contribution in [0.3, 0.4) is 0 Å². The Labute approximate surface area is 304 Å². The van der Waals surface area contributed by atoms with Crippen molar-refractivity contribution >= 4 is 89.4 Å². The molecular weight excluding hydrogens is 631 g/mol. The van der Waals surface area contributed by atoms with E-state index in [1.165, 1.54) is 114 Å². The van der Waals surface area contributed by atoms with Gasteiger partial charge in [-0.25, -0.2) is 0 Å². The lowest BCUT2D eigenvalue weighted by molar-refractivity contribution is 0.669. The largest absolute Gasteiger partial charge is 0.456 e. The summed E-state index contributed by atoms with van der Waals surface area (Å²) in [6.07, 6.45) is 6.91. The van der Waals surface area contributed by atoms with Crippen molar-refractivity contribution < 1.29 is 4.42 Å². The van der Waals surface area contributed by atoms with Crippen molar-refractivity contribution in [3.8, 4) is 11.1 Å². The first kappa shape index (κ1) is 29.9. The topological polar surface area (TPSA) is 21.3 Å². The van der Waals surface area contributed by atoms with E-state index < -0.39 is 0 Å². The third-order valence-electron chi connectivity index (χ3n) is 11.9. The van der Waals surface area contributed by atoms with Crippen molar-refractivity contribution in [1.29, 1.82) is 0 Å². The standard InChI is InChI=1S/C48H39BN2O/c1-3-5-14-30-26-31(15-6-4-2)28-33(27-30)50-41-25-24-32-16-7-8-17-34(32)45(41)49-46-39(29-43-44(48(46)50)38-19-10-12-23-42(38)52-43)37-21-13-20-36-35-18-9-11-22-40(35)51(49)47(36)37/h7-13,16-29H,3-6,14-15H2,1-2H3. The molecule has 52 heavy (non-hydrogen) atoms. The first-order valence-electron chi connectivity index (χ1n) is 19.2. The molecule has 0 N–H and O–H groups in total. The fourth-order valence-electron chi connectivity index (χ4n) is 9.63. The van der Waals surface area contributed by atoms with Gasteiger partial charge < -0.3 is 13.8 Å². The lowest BCUT2D eigenvalue weighted by Gasteiger charge is -2.41. The number of fused-ring (bicyclic) bond motifs is 13. The van der Waals surface area contributed by atoms with Crippen molar-refractivity contribution in [2.75, 3.05) is 4.90 Å². The molecular formula is C48H39BN2O. The Kier molecular flexibility index (Phi) is 6.56. The highest BCUT2D eigenvalue weighted by Crippen LogP contribution is 2.50. The third-order valence-corrected chi connectivity index (χ3v) is 11.9. The number of hydrogen-bond acceptors (Lipinski definition) is 2. The number of furan rings is 1. The van der Waals surface area contributed by atoms with Gasteiger partial charge in [-0.2, -0.15) is 0 Å². The van der Waals surface area contributed by atoms with Crippen molar-refractivity contribution in [3.05, 3.63) is 139 Å². The summed E-state index contributed by atoms with van der Waals surface area (Å²) >= 11 is 0. The number of nitrogens with zero attached hydrogens (tertiary/aromatic N) is 2. The minimum Gasteiger partial charge on any atom is -0.456 e. The van der Waals surface area contributed by atoms with E-state index in [1.54, 1.807) is 0 Å². The van der Waals surface area contributed by atoms with E-state index in [0.717, 1.165) is 29.4 Å². The Bertz CT molecular complexity index is 2890. The number of rotatable bonds is 7. The molecule has 0 atom stereocenters. The summed E-state index contributed by atoms with van der Waals surface area (Å²) in [6.45, 7) is 4.57. The van der Waals surface area contributed by atoms with Crippen molar-refractivity contribution in [2.24, 2.45) is 0 Å². The highest BCUT2D eigenvalue weighted by atomic mass is 16.3. The summed E-state index contributed by atoms with van der Waals surface area (Å²) in [7, 11) is 0. The molecule has 4 heteroatoms. The summed E-state index contributed by atoms with van der Waals surface area (Å²) in [5.74, 6) is 0. The number of para-hydroxylation sites is 3. The number of benzene rings is 7. The van der Waals surface area contributed by atoms with Crippen LogP contribution in [0.15, 0.2) is 132 Å². The van der Waals surface area contributed by atoms with Crippen LogP contribution in [0.25, 0.3) is 65.6 Å². The molecule has 0 saturated heterocycles. The number of aryl methyl sites for hydroxylation is 2. The van der Waals surface area contributed by atoms with E-state index >= 15 is 0 Å². The minimum atomic E-state index is -0.0273. The van der Waals surface area contributed by atoms with Crippen LogP contribution in [-0.4, -0.2) is 11.3 Å². The molecule has 0 radical (unpaired) electrons. The van der Waals surface area contributed by atoms with E-state index in [-0.39, 0.29) is 6.85 Å². The van der Waals surface area contributed by atoms with Gasteiger partial charge in [-0.1, -0.05) is 118 Å². The second-order valence-corrected chi connectivity index (χ2v) is 14.9. The van der Waals surface area contributed by atoms with Crippen LogP contribution >= 0.6 is 0 Å². The summed E-state index contributed by atoms with van der Waals surface area (Å²) in [6, 6.07) is 48.0. The van der Waals surface area contributed by atoms with Crippen molar-refractivity contribution in [3.63, 3.8) is 0 Å². The van der Waals surface area contributed by atoms with E-state index in [4.69, 9.17) is 4.42 Å². The zero-order valence-electron chi connectivity index (χ0n) is 29.7. The number of unbranched alkanes of at least 4 members (excludes halogenated alkanes) is 2. The van der Waals surface area contributed by atoms with Gasteiger partial charge in [0.1, 0.15) is 11.2 Å². The predicted octanol–water partition coefficient (Wildman–Crippen LogP) is 11.9. The molecule has 0 fully saturated rings. The van der Waals surface area contributed by atoms with Gasteiger partial charge in [0.2, 0.25) is 0 Å². The van der Waals surface area contributed by atoms with Crippen LogP contribution in [0.4, 0.5) is 17.1 Å². The second kappa shape index (κ2) is 11.4. The zero-order chi connectivity index (χ0) is 34.5. The van der Waals surface area contributed by atoms with Crippen LogP contribution in [0.2, 0.25) is 0 Å². The lowest BCUT2D eigenvalue weighted by atomic mass is 9.44. The lowest BCUT2D eigenvalue weighted by Crippen LogP contribution is -2.57. The quantitative estimate of drug-likeness (QED) is 0.157. The Balaban J connectivity index is 1.35. The fraction of sp³-hybridized carbons (Fsp3) is 0.167. The Morgan fingerprint density at radius 1 is 0.577 bits per heavy atom. The van der Waals surface area contributed by atoms with Crippen molar-refractivity contribution in [2.45, 2.75) is 52.4 Å². The summed E-state index contributed by atoms with van der Waals surface area (Å²) in [5, 5.41) is 7.54. The average Bonchev–Trinajstić information content (AvgIpc) is 3.73. The van der Waals surface area contributed by atoms with Crippen LogP contribution in [0.5, 0.6) is 0 Å². The normalized spacial score (nSPS) is 13.2. The molecule has 3 nitrogen and oxygen atoms in total. The fourth-order valence-corrected chi connectivity index (χ4v) is 9.63. The van der Waals surface area contributed by atoms with Crippen LogP contribution in [-0.2, 0) is 12.8 Å². The Hall–Kier alpha value is -5.74. The number of hydrogen-bond donors (Lipinski definition) is 0. The molecule has 0 aliphatic carbocycles. The predicted molar refractivity (Wildman–Crippen MR) is 222 cm³/mol. The first-order valence-corrected chi connectivity index (χ1v) is 19.2. The van der Waals surface area contributed by atoms with Gasteiger partial charge in [0.25, 0.3) is 0 Å². The molecule has 0 spiro atoms. The van der Waals surface area contributed by atoms with Crippen LogP contribution in [0.1, 0.15) is 50.7 Å². The minimum absolute atomic E-state index is 0.0273. The van der Waals surface area contributed by atoms with Gasteiger partial charge >= 0.3 is 6.85 Å². The maximum atomic E-state index is 6.83. The zero-order valence-corrected chi connectivity index (χ0v) is 29.7. The van der Waals surface area contributed by atoms with Gasteiger partial charge in [-0.15, -0.1) is 0 Å². The van der Waals surface area contributed by atoms with Gasteiger partial charge in [-0.05, 0) is 100 Å². The van der Waals surface area contributed by atoms with E-state index in [1.807, 2.05) is 0 Å². The van der Waals surface area contributed by atoms with Crippen LogP contribution in [0, 0.1) is 0 Å². The Morgan fingerprint density at radius 3 is 2.10 bits per heavy atom. The van der Waals surface area contributed by atoms with Crippen LogP contribution < -0.4 is 15.8 Å². The third kappa shape index (κ3) is 4.09. The molecule has 0 saturated carbocycles. The van der Waals surface area contributed by atoms with Gasteiger partial charge in [0.05, 0.1) is 11.1 Å². The molecule has 250 valence electrons. The Morgan fingerprint density at radius 2 is 1.29 bits per heavy atom. The molecule has 2 aliphatic rings. The van der Waals surface area contributed by atoms with Gasteiger partial charge in [-0.3, -0.25) is 0 Å². The smallest absolute Gasteiger partial charge is 0.333 e. The van der Waals surface area contributed by atoms with Crippen molar-refractivity contribution in [1.82, 2.24) is 4.48 Å². The highest BCUT2D eigenvalue weighted by Gasteiger charge is 2.45. The molecule has 0 bridgehead atoms. The molecule has 7 aromatic carbocycles. The molecule has 2 aromatic heterocycles. The highest BCUT2D eigenvalue weighted by molar-refractivity contribution is 6.92.